The lowest BCUT2D eigenvalue weighted by Gasteiger charge is -2.26. The lowest BCUT2D eigenvalue weighted by molar-refractivity contribution is -0.645. The molecule has 0 bridgehead atoms. The van der Waals surface area contributed by atoms with Gasteiger partial charge in [0.25, 0.3) is 5.03 Å². The second-order valence-electron chi connectivity index (χ2n) is 5.33. The quantitative estimate of drug-likeness (QED) is 0.490. The van der Waals surface area contributed by atoms with Crippen molar-refractivity contribution in [3.63, 3.8) is 0 Å². The SMILES string of the molecule is C[C@H](Sc1cccc[n+]1[O-])C(=O)N1CCC[C@H]1c1cccs1. The molecule has 4 nitrogen and oxygen atoms in total. The van der Waals surface area contributed by atoms with E-state index in [2.05, 4.69) is 11.4 Å². The topological polar surface area (TPSA) is 47.2 Å². The van der Waals surface area contributed by atoms with Crippen LogP contribution in [-0.4, -0.2) is 22.6 Å². The fraction of sp³-hybridized carbons (Fsp3) is 0.375. The van der Waals surface area contributed by atoms with Crippen LogP contribution in [0.2, 0.25) is 0 Å². The molecule has 0 radical (unpaired) electrons. The standard InChI is InChI=1S/C16H18N2O2S2/c1-12(22-15-8-2-3-10-18(15)20)16(19)17-9-4-6-13(17)14-7-5-11-21-14/h2-3,5,7-8,10-13H,4,6,9H2,1H3/t12-,13-/m0/s1. The largest absolute Gasteiger partial charge is 0.618 e. The highest BCUT2D eigenvalue weighted by atomic mass is 32.2. The van der Waals surface area contributed by atoms with Gasteiger partial charge < -0.3 is 10.1 Å². The molecule has 1 saturated heterocycles. The molecule has 6 heteroatoms. The molecule has 0 N–H and O–H groups in total. The van der Waals surface area contributed by atoms with E-state index in [1.165, 1.54) is 22.8 Å². The summed E-state index contributed by atoms with van der Waals surface area (Å²) in [5, 5.41) is 14.1. The van der Waals surface area contributed by atoms with Crippen molar-refractivity contribution in [3.05, 3.63) is 52.0 Å². The van der Waals surface area contributed by atoms with Gasteiger partial charge in [-0.1, -0.05) is 6.07 Å². The lowest BCUT2D eigenvalue weighted by atomic mass is 10.2. The maximum absolute atomic E-state index is 12.8. The third-order valence-corrected chi connectivity index (χ3v) is 5.93. The van der Waals surface area contributed by atoms with E-state index >= 15 is 0 Å². The van der Waals surface area contributed by atoms with Crippen molar-refractivity contribution < 1.29 is 9.52 Å². The molecule has 0 spiro atoms. The first-order chi connectivity index (χ1) is 10.7. The Morgan fingerprint density at radius 3 is 3.05 bits per heavy atom. The first-order valence-corrected chi connectivity index (χ1v) is 9.11. The van der Waals surface area contributed by atoms with Crippen LogP contribution in [0.5, 0.6) is 0 Å². The van der Waals surface area contributed by atoms with Crippen molar-refractivity contribution in [2.75, 3.05) is 6.54 Å². The number of amides is 1. The van der Waals surface area contributed by atoms with Crippen molar-refractivity contribution >= 4 is 29.0 Å². The van der Waals surface area contributed by atoms with Gasteiger partial charge in [0.2, 0.25) is 5.91 Å². The van der Waals surface area contributed by atoms with Gasteiger partial charge in [-0.25, -0.2) is 0 Å². The molecule has 1 aliphatic heterocycles. The van der Waals surface area contributed by atoms with E-state index in [1.807, 2.05) is 24.0 Å². The first kappa shape index (κ1) is 15.4. The number of aromatic nitrogens is 1. The van der Waals surface area contributed by atoms with Crippen LogP contribution in [0.15, 0.2) is 46.9 Å². The van der Waals surface area contributed by atoms with Crippen LogP contribution >= 0.6 is 23.1 Å². The summed E-state index contributed by atoms with van der Waals surface area (Å²) >= 11 is 3.03. The number of rotatable bonds is 4. The van der Waals surface area contributed by atoms with Gasteiger partial charge in [0.05, 0.1) is 11.3 Å². The summed E-state index contributed by atoms with van der Waals surface area (Å²) in [6, 6.07) is 9.59. The van der Waals surface area contributed by atoms with Gasteiger partial charge in [-0.05, 0) is 49.0 Å². The molecule has 1 amide bonds. The van der Waals surface area contributed by atoms with Gasteiger partial charge in [0.15, 0.2) is 6.20 Å². The van der Waals surface area contributed by atoms with Crippen LogP contribution in [-0.2, 0) is 4.79 Å². The third-order valence-electron chi connectivity index (χ3n) is 3.84. The van der Waals surface area contributed by atoms with Crippen molar-refractivity contribution in [3.8, 4) is 0 Å². The number of thiophene rings is 1. The zero-order valence-corrected chi connectivity index (χ0v) is 14.0. The summed E-state index contributed by atoms with van der Waals surface area (Å²) in [6.45, 7) is 2.68. The van der Waals surface area contributed by atoms with Gasteiger partial charge in [-0.2, -0.15) is 4.73 Å². The summed E-state index contributed by atoms with van der Waals surface area (Å²) in [5.41, 5.74) is 0. The average Bonchev–Trinajstić information content (AvgIpc) is 3.19. The van der Waals surface area contributed by atoms with Crippen LogP contribution in [0.4, 0.5) is 0 Å². The summed E-state index contributed by atoms with van der Waals surface area (Å²) in [4.78, 5) is 16.0. The maximum Gasteiger partial charge on any atom is 0.252 e. The molecule has 3 heterocycles. The Balaban J connectivity index is 1.71. The Hall–Kier alpha value is -1.53. The highest BCUT2D eigenvalue weighted by Crippen LogP contribution is 2.36. The predicted molar refractivity (Wildman–Crippen MR) is 88.7 cm³/mol. The molecule has 1 aliphatic rings. The molecule has 3 rings (SSSR count). The minimum absolute atomic E-state index is 0.116. The molecule has 0 unspecified atom stereocenters. The smallest absolute Gasteiger partial charge is 0.252 e. The monoisotopic (exact) mass is 334 g/mol. The van der Waals surface area contributed by atoms with E-state index < -0.39 is 0 Å². The van der Waals surface area contributed by atoms with E-state index in [1.54, 1.807) is 23.5 Å². The molecule has 22 heavy (non-hydrogen) atoms. The molecule has 0 aromatic carbocycles. The van der Waals surface area contributed by atoms with E-state index in [4.69, 9.17) is 0 Å². The van der Waals surface area contributed by atoms with Crippen LogP contribution < -0.4 is 4.73 Å². The van der Waals surface area contributed by atoms with E-state index in [9.17, 15) is 10.0 Å². The summed E-state index contributed by atoms with van der Waals surface area (Å²) < 4.78 is 0.815. The van der Waals surface area contributed by atoms with Crippen molar-refractivity contribution in [2.45, 2.75) is 36.1 Å². The number of thioether (sulfide) groups is 1. The predicted octanol–water partition coefficient (Wildman–Crippen LogP) is 3.23. The summed E-state index contributed by atoms with van der Waals surface area (Å²) in [5.74, 6) is 0.116. The fourth-order valence-electron chi connectivity index (χ4n) is 2.78. The number of likely N-dealkylation sites (tertiary alicyclic amines) is 1. The highest BCUT2D eigenvalue weighted by Gasteiger charge is 2.33. The molecule has 2 aromatic rings. The van der Waals surface area contributed by atoms with Gasteiger partial charge >= 0.3 is 0 Å². The van der Waals surface area contributed by atoms with Gasteiger partial charge in [-0.15, -0.1) is 11.3 Å². The van der Waals surface area contributed by atoms with E-state index in [-0.39, 0.29) is 17.2 Å². The molecule has 116 valence electrons. The van der Waals surface area contributed by atoms with Gasteiger partial charge in [0, 0.05) is 23.6 Å². The van der Waals surface area contributed by atoms with E-state index in [0.717, 1.165) is 24.1 Å². The molecule has 1 fully saturated rings. The normalized spacial score (nSPS) is 19.3. The molecular formula is C16H18N2O2S2. The molecular weight excluding hydrogens is 316 g/mol. The minimum Gasteiger partial charge on any atom is -0.618 e. The summed E-state index contributed by atoms with van der Waals surface area (Å²) in [6.07, 6.45) is 3.53. The zero-order chi connectivity index (χ0) is 15.5. The minimum atomic E-state index is -0.261. The Morgan fingerprint density at radius 1 is 1.45 bits per heavy atom. The number of pyridine rings is 1. The van der Waals surface area contributed by atoms with Crippen LogP contribution in [0, 0.1) is 5.21 Å². The number of nitrogens with zero attached hydrogens (tertiary/aromatic N) is 2. The Labute approximate surface area is 138 Å². The van der Waals surface area contributed by atoms with E-state index in [0.29, 0.717) is 5.03 Å². The lowest BCUT2D eigenvalue weighted by Crippen LogP contribution is -2.37. The number of carbonyl (C=O) groups is 1. The Kier molecular flexibility index (Phi) is 4.69. The highest BCUT2D eigenvalue weighted by molar-refractivity contribution is 8.00. The number of hydrogen-bond acceptors (Lipinski definition) is 4. The Bertz CT molecular complexity index is 645. The average molecular weight is 334 g/mol. The zero-order valence-electron chi connectivity index (χ0n) is 12.3. The second-order valence-corrected chi connectivity index (χ2v) is 7.67. The van der Waals surface area contributed by atoms with Crippen molar-refractivity contribution in [2.24, 2.45) is 0 Å². The van der Waals surface area contributed by atoms with Gasteiger partial charge in [-0.3, -0.25) is 4.79 Å². The summed E-state index contributed by atoms with van der Waals surface area (Å²) in [7, 11) is 0. The van der Waals surface area contributed by atoms with Crippen LogP contribution in [0.3, 0.4) is 0 Å². The molecule has 2 aromatic heterocycles. The fourth-order valence-corrected chi connectivity index (χ4v) is 4.57. The van der Waals surface area contributed by atoms with Crippen LogP contribution in [0.1, 0.15) is 30.7 Å². The maximum atomic E-state index is 12.8. The number of carbonyl (C=O) groups excluding carboxylic acids is 1. The van der Waals surface area contributed by atoms with Crippen molar-refractivity contribution in [1.29, 1.82) is 0 Å². The van der Waals surface area contributed by atoms with Crippen LogP contribution in [0.25, 0.3) is 0 Å². The number of hydrogen-bond donors (Lipinski definition) is 0. The molecule has 2 atom stereocenters. The van der Waals surface area contributed by atoms with Crippen molar-refractivity contribution in [1.82, 2.24) is 4.90 Å². The van der Waals surface area contributed by atoms with Gasteiger partial charge in [0.1, 0.15) is 0 Å². The Morgan fingerprint density at radius 2 is 2.32 bits per heavy atom. The molecule has 0 saturated carbocycles. The third kappa shape index (κ3) is 3.13. The molecule has 0 aliphatic carbocycles. The second kappa shape index (κ2) is 6.71. The first-order valence-electron chi connectivity index (χ1n) is 7.35.